The Kier molecular flexibility index (Phi) is 9.77. The third-order valence-corrected chi connectivity index (χ3v) is 5.00. The van der Waals surface area contributed by atoms with Crippen molar-refractivity contribution < 1.29 is 63.0 Å². The van der Waals surface area contributed by atoms with Crippen molar-refractivity contribution in [3.8, 4) is 0 Å². The predicted molar refractivity (Wildman–Crippen MR) is 91.8 cm³/mol. The van der Waals surface area contributed by atoms with Crippen LogP contribution in [0.1, 0.15) is 6.92 Å². The summed E-state index contributed by atoms with van der Waals surface area (Å²) in [4.78, 5) is 11.3. The molecule has 1 aliphatic rings. The van der Waals surface area contributed by atoms with Crippen molar-refractivity contribution in [2.75, 3.05) is 19.0 Å². The Morgan fingerprint density at radius 1 is 1.14 bits per heavy atom. The highest BCUT2D eigenvalue weighted by molar-refractivity contribution is 7.85. The molecule has 1 aliphatic heterocycles. The van der Waals surface area contributed by atoms with E-state index in [-0.39, 0.29) is 0 Å². The molecular weight excluding hydrogens is 422 g/mol. The highest BCUT2D eigenvalue weighted by atomic mass is 32.2. The molecule has 9 N–H and O–H groups in total. The lowest BCUT2D eigenvalue weighted by Crippen LogP contribution is -2.63. The minimum absolute atomic E-state index is 0.706. The second-order valence-corrected chi connectivity index (χ2v) is 8.09. The van der Waals surface area contributed by atoms with Gasteiger partial charge in [0, 0.05) is 6.92 Å². The molecule has 1 heterocycles. The number of hydrogen-bond acceptors (Lipinski definition) is 12. The molecule has 0 bridgehead atoms. The summed E-state index contributed by atoms with van der Waals surface area (Å²) in [7, 11) is -4.73. The number of carbonyl (C=O) groups excluding carboxylic acids is 1. The van der Waals surface area contributed by atoms with Gasteiger partial charge < -0.3 is 50.5 Å². The molecule has 1 fully saturated rings. The van der Waals surface area contributed by atoms with Gasteiger partial charge >= 0.3 is 0 Å². The van der Waals surface area contributed by atoms with Crippen LogP contribution in [0.25, 0.3) is 0 Å². The van der Waals surface area contributed by atoms with Gasteiger partial charge in [0.05, 0.1) is 25.4 Å². The zero-order valence-corrected chi connectivity index (χ0v) is 16.2. The topological polar surface area (TPSA) is 244 Å². The second kappa shape index (κ2) is 10.9. The van der Waals surface area contributed by atoms with E-state index in [0.717, 1.165) is 6.92 Å². The molecule has 0 aromatic rings. The maximum atomic E-state index is 11.3. The lowest BCUT2D eigenvalue weighted by molar-refractivity contribution is -0.321. The van der Waals surface area contributed by atoms with Gasteiger partial charge in [-0.05, 0) is 0 Å². The molecule has 1 saturated heterocycles. The van der Waals surface area contributed by atoms with Crippen LogP contribution in [0.4, 0.5) is 0 Å². The summed E-state index contributed by atoms with van der Waals surface area (Å²) in [6, 6.07) is -1.45. The molecule has 0 unspecified atom stereocenters. The van der Waals surface area contributed by atoms with E-state index < -0.39 is 90.1 Å². The van der Waals surface area contributed by atoms with Crippen molar-refractivity contribution in [2.45, 2.75) is 62.0 Å². The Bertz CT molecular complexity index is 629. The summed E-state index contributed by atoms with van der Waals surface area (Å²) < 4.78 is 41.2. The highest BCUT2D eigenvalue weighted by Crippen LogP contribution is 2.25. The number of nitrogens with one attached hydrogen (secondary N) is 1. The fourth-order valence-electron chi connectivity index (χ4n) is 2.77. The third-order valence-electron chi connectivity index (χ3n) is 4.23. The molecule has 0 aliphatic carbocycles. The average molecular weight is 449 g/mol. The molecule has 29 heavy (non-hydrogen) atoms. The van der Waals surface area contributed by atoms with Gasteiger partial charge in [-0.2, -0.15) is 8.42 Å². The van der Waals surface area contributed by atoms with Crippen molar-refractivity contribution in [1.82, 2.24) is 5.32 Å². The summed E-state index contributed by atoms with van der Waals surface area (Å²) in [6.07, 6.45) is -14.8. The average Bonchev–Trinajstić information content (AvgIpc) is 2.62. The maximum absolute atomic E-state index is 11.3. The minimum Gasteiger partial charge on any atom is -0.394 e. The van der Waals surface area contributed by atoms with E-state index in [1.165, 1.54) is 0 Å². The van der Waals surface area contributed by atoms with Crippen LogP contribution in [0.3, 0.4) is 0 Å². The smallest absolute Gasteiger partial charge is 0.267 e. The monoisotopic (exact) mass is 449 g/mol. The van der Waals surface area contributed by atoms with E-state index in [1.54, 1.807) is 0 Å². The fourth-order valence-corrected chi connectivity index (χ4v) is 3.40. The molecular formula is C14H27NO13S. The van der Waals surface area contributed by atoms with Gasteiger partial charge in [0.25, 0.3) is 10.1 Å². The first-order valence-electron chi connectivity index (χ1n) is 8.47. The van der Waals surface area contributed by atoms with Crippen LogP contribution in [0.2, 0.25) is 0 Å². The van der Waals surface area contributed by atoms with Gasteiger partial charge in [-0.25, -0.2) is 0 Å². The molecule has 9 atom stereocenters. The lowest BCUT2D eigenvalue weighted by Gasteiger charge is -2.42. The molecule has 0 radical (unpaired) electrons. The third kappa shape index (κ3) is 7.34. The number of rotatable bonds is 10. The van der Waals surface area contributed by atoms with E-state index in [1.807, 2.05) is 0 Å². The normalized spacial score (nSPS) is 32.2. The summed E-state index contributed by atoms with van der Waals surface area (Å²) in [5.41, 5.74) is 0. The first kappa shape index (κ1) is 26.1. The van der Waals surface area contributed by atoms with E-state index in [9.17, 15) is 49.0 Å². The van der Waals surface area contributed by atoms with Crippen LogP contribution in [0, 0.1) is 0 Å². The summed E-state index contributed by atoms with van der Waals surface area (Å²) in [5, 5.41) is 70.7. The van der Waals surface area contributed by atoms with E-state index >= 15 is 0 Å². The molecule has 14 nitrogen and oxygen atoms in total. The Morgan fingerprint density at radius 3 is 2.17 bits per heavy atom. The zero-order chi connectivity index (χ0) is 22.5. The van der Waals surface area contributed by atoms with Crippen LogP contribution < -0.4 is 5.32 Å². The summed E-state index contributed by atoms with van der Waals surface area (Å²) in [5.74, 6) is -2.02. The van der Waals surface area contributed by atoms with Gasteiger partial charge in [0.15, 0.2) is 6.29 Å². The minimum atomic E-state index is -4.73. The Balaban J connectivity index is 3.14. The van der Waals surface area contributed by atoms with Gasteiger partial charge in [0.2, 0.25) is 5.91 Å². The van der Waals surface area contributed by atoms with Crippen LogP contribution in [0.15, 0.2) is 0 Å². The molecule has 1 amide bonds. The Hall–Kier alpha value is -0.980. The van der Waals surface area contributed by atoms with Crippen molar-refractivity contribution >= 4 is 16.0 Å². The van der Waals surface area contributed by atoms with Crippen molar-refractivity contribution in [1.29, 1.82) is 0 Å². The van der Waals surface area contributed by atoms with E-state index in [0.29, 0.717) is 0 Å². The molecule has 1 rings (SSSR count). The first-order valence-corrected chi connectivity index (χ1v) is 10.1. The van der Waals surface area contributed by atoms with E-state index in [4.69, 9.17) is 14.0 Å². The zero-order valence-electron chi connectivity index (χ0n) is 15.3. The molecule has 0 aromatic heterocycles. The number of hydrogen-bond donors (Lipinski definition) is 9. The van der Waals surface area contributed by atoms with Crippen molar-refractivity contribution in [3.05, 3.63) is 0 Å². The predicted octanol–water partition coefficient (Wildman–Crippen LogP) is -5.72. The second-order valence-electron chi connectivity index (χ2n) is 6.59. The maximum Gasteiger partial charge on any atom is 0.267 e. The standard InChI is InChI=1S/C14H27NO13S/c1-5(18)15-6(2-16)13(9(20)7(19)4-29(24,25)26)28-14-12(23)11(22)10(21)8(3-17)27-14/h6-14,16-17,19-23H,2-4H2,1H3,(H,15,18)(H,24,25,26)/t6-,7+,8+,9+,10-,11-,12+,13+,14-/m0/s1. The SMILES string of the molecule is CC(=O)N[C@@H](CO)[C@@H](O[C@@H]1O[C@H](CO)[C@H](O)[C@H](O)[C@H]1O)[C@H](O)[C@H](O)CS(=O)(=O)O. The molecule has 0 spiro atoms. The Morgan fingerprint density at radius 2 is 1.72 bits per heavy atom. The summed E-state index contributed by atoms with van der Waals surface area (Å²) >= 11 is 0. The van der Waals surface area contributed by atoms with E-state index in [2.05, 4.69) is 5.32 Å². The Labute approximate surface area is 166 Å². The summed E-state index contributed by atoms with van der Waals surface area (Å²) in [6.45, 7) is -0.621. The molecule has 172 valence electrons. The number of carbonyl (C=O) groups is 1. The lowest BCUT2D eigenvalue weighted by atomic mass is 9.98. The fraction of sp³-hybridized carbons (Fsp3) is 0.929. The van der Waals surface area contributed by atoms with Crippen LogP contribution >= 0.6 is 0 Å². The number of aliphatic hydroxyl groups excluding tert-OH is 7. The molecule has 15 heteroatoms. The first-order chi connectivity index (χ1) is 13.3. The van der Waals surface area contributed by atoms with Crippen LogP contribution in [0.5, 0.6) is 0 Å². The van der Waals surface area contributed by atoms with Gasteiger partial charge in [-0.1, -0.05) is 0 Å². The van der Waals surface area contributed by atoms with Crippen LogP contribution in [-0.2, 0) is 24.4 Å². The molecule has 0 aromatic carbocycles. The number of ether oxygens (including phenoxy) is 2. The highest BCUT2D eigenvalue weighted by Gasteiger charge is 2.47. The number of aliphatic hydroxyl groups is 7. The number of amides is 1. The van der Waals surface area contributed by atoms with Gasteiger partial charge in [0.1, 0.15) is 42.4 Å². The van der Waals surface area contributed by atoms with Gasteiger partial charge in [-0.15, -0.1) is 0 Å². The largest absolute Gasteiger partial charge is 0.394 e. The van der Waals surface area contributed by atoms with Crippen LogP contribution in [-0.4, -0.2) is 129 Å². The molecule has 0 saturated carbocycles. The quantitative estimate of drug-likeness (QED) is 0.141. The van der Waals surface area contributed by atoms with Crippen molar-refractivity contribution in [3.63, 3.8) is 0 Å². The van der Waals surface area contributed by atoms with Gasteiger partial charge in [-0.3, -0.25) is 9.35 Å². The van der Waals surface area contributed by atoms with Crippen molar-refractivity contribution in [2.24, 2.45) is 0 Å².